The molecule has 0 spiro atoms. The third-order valence-corrected chi connectivity index (χ3v) is 4.42. The van der Waals surface area contributed by atoms with Crippen LogP contribution < -0.4 is 10.2 Å². The SMILES string of the molecule is CCC(=O)N(C)c1ccccc1-c1nc(C2CNCCN2C)no1. The Labute approximate surface area is 141 Å². The average molecular weight is 329 g/mol. The minimum absolute atomic E-state index is 0.0402. The summed E-state index contributed by atoms with van der Waals surface area (Å²) in [5.74, 6) is 1.15. The molecule has 1 N–H and O–H groups in total. The van der Waals surface area contributed by atoms with Crippen molar-refractivity contribution >= 4 is 11.6 Å². The van der Waals surface area contributed by atoms with Gasteiger partial charge in [-0.3, -0.25) is 9.69 Å². The zero-order chi connectivity index (χ0) is 17.1. The first-order valence-corrected chi connectivity index (χ1v) is 8.22. The number of carbonyl (C=O) groups is 1. The van der Waals surface area contributed by atoms with Crippen LogP contribution in [0.15, 0.2) is 28.8 Å². The van der Waals surface area contributed by atoms with E-state index in [-0.39, 0.29) is 11.9 Å². The Morgan fingerprint density at radius 1 is 1.46 bits per heavy atom. The van der Waals surface area contributed by atoms with E-state index in [9.17, 15) is 4.79 Å². The second-order valence-corrected chi connectivity index (χ2v) is 5.98. The molecule has 1 aromatic heterocycles. The molecule has 0 saturated carbocycles. The molecule has 2 heterocycles. The number of hydrogen-bond acceptors (Lipinski definition) is 6. The summed E-state index contributed by atoms with van der Waals surface area (Å²) in [6.07, 6.45) is 0.443. The van der Waals surface area contributed by atoms with Gasteiger partial charge in [0.15, 0.2) is 5.82 Å². The van der Waals surface area contributed by atoms with Crippen molar-refractivity contribution in [3.63, 3.8) is 0 Å². The van der Waals surface area contributed by atoms with E-state index >= 15 is 0 Å². The van der Waals surface area contributed by atoms with Gasteiger partial charge in [0.1, 0.15) is 0 Å². The molecule has 1 aromatic carbocycles. The Kier molecular flexibility index (Phi) is 4.92. The summed E-state index contributed by atoms with van der Waals surface area (Å²) in [7, 11) is 3.82. The molecule has 1 atom stereocenters. The maximum Gasteiger partial charge on any atom is 0.260 e. The van der Waals surface area contributed by atoms with Crippen molar-refractivity contribution in [3.8, 4) is 11.5 Å². The summed E-state index contributed by atoms with van der Waals surface area (Å²) >= 11 is 0. The minimum atomic E-state index is 0.0402. The van der Waals surface area contributed by atoms with Crippen LogP contribution >= 0.6 is 0 Å². The van der Waals surface area contributed by atoms with Crippen molar-refractivity contribution < 1.29 is 9.32 Å². The van der Waals surface area contributed by atoms with Crippen LogP contribution in [0.2, 0.25) is 0 Å². The van der Waals surface area contributed by atoms with E-state index in [1.54, 1.807) is 11.9 Å². The fourth-order valence-electron chi connectivity index (χ4n) is 2.89. The van der Waals surface area contributed by atoms with Crippen molar-refractivity contribution in [2.45, 2.75) is 19.4 Å². The maximum atomic E-state index is 12.0. The standard InChI is InChI=1S/C17H23N5O2/c1-4-15(23)22(3)13-8-6-5-7-12(13)17-19-16(20-24-17)14-11-18-9-10-21(14)2/h5-8,14,18H,4,9-11H2,1-3H3. The van der Waals surface area contributed by atoms with Crippen LogP contribution in [-0.4, -0.2) is 54.7 Å². The van der Waals surface area contributed by atoms with Crippen molar-refractivity contribution in [2.24, 2.45) is 0 Å². The summed E-state index contributed by atoms with van der Waals surface area (Å²) in [5, 5.41) is 7.51. The summed E-state index contributed by atoms with van der Waals surface area (Å²) in [4.78, 5) is 20.5. The van der Waals surface area contributed by atoms with Gasteiger partial charge in [-0.05, 0) is 19.2 Å². The molecular weight excluding hydrogens is 306 g/mol. The predicted octanol–water partition coefficient (Wildman–Crippen LogP) is 1.69. The fraction of sp³-hybridized carbons (Fsp3) is 0.471. The Morgan fingerprint density at radius 2 is 2.25 bits per heavy atom. The zero-order valence-electron chi connectivity index (χ0n) is 14.3. The lowest BCUT2D eigenvalue weighted by molar-refractivity contribution is -0.118. The number of anilines is 1. The Hall–Kier alpha value is -2.25. The highest BCUT2D eigenvalue weighted by atomic mass is 16.5. The van der Waals surface area contributed by atoms with Crippen LogP contribution in [-0.2, 0) is 4.79 Å². The molecule has 1 aliphatic rings. The fourth-order valence-corrected chi connectivity index (χ4v) is 2.89. The molecule has 128 valence electrons. The van der Waals surface area contributed by atoms with Gasteiger partial charge in [-0.2, -0.15) is 4.98 Å². The number of nitrogens with zero attached hydrogens (tertiary/aromatic N) is 4. The van der Waals surface area contributed by atoms with E-state index in [1.807, 2.05) is 31.2 Å². The van der Waals surface area contributed by atoms with Crippen LogP contribution in [0.1, 0.15) is 25.2 Å². The monoisotopic (exact) mass is 329 g/mol. The normalized spacial score (nSPS) is 18.5. The summed E-state index contributed by atoms with van der Waals surface area (Å²) < 4.78 is 5.50. The molecule has 24 heavy (non-hydrogen) atoms. The Balaban J connectivity index is 1.92. The number of piperazine rings is 1. The molecule has 1 saturated heterocycles. The third kappa shape index (κ3) is 3.18. The smallest absolute Gasteiger partial charge is 0.260 e. The second-order valence-electron chi connectivity index (χ2n) is 5.98. The van der Waals surface area contributed by atoms with Crippen molar-refractivity contribution in [1.29, 1.82) is 0 Å². The van der Waals surface area contributed by atoms with Crippen LogP contribution in [0.25, 0.3) is 11.5 Å². The number of carbonyl (C=O) groups excluding carboxylic acids is 1. The highest BCUT2D eigenvalue weighted by molar-refractivity contribution is 5.96. The van der Waals surface area contributed by atoms with Gasteiger partial charge in [0.25, 0.3) is 5.89 Å². The third-order valence-electron chi connectivity index (χ3n) is 4.42. The molecule has 3 rings (SSSR count). The van der Waals surface area contributed by atoms with Gasteiger partial charge < -0.3 is 14.7 Å². The highest BCUT2D eigenvalue weighted by Crippen LogP contribution is 2.30. The van der Waals surface area contributed by atoms with E-state index in [0.29, 0.717) is 18.1 Å². The molecule has 0 aliphatic carbocycles. The summed E-state index contributed by atoms with van der Waals surface area (Å²) in [5.41, 5.74) is 1.54. The lowest BCUT2D eigenvalue weighted by atomic mass is 10.1. The predicted molar refractivity (Wildman–Crippen MR) is 91.7 cm³/mol. The van der Waals surface area contributed by atoms with Crippen LogP contribution in [0.5, 0.6) is 0 Å². The number of para-hydroxylation sites is 1. The van der Waals surface area contributed by atoms with Crippen molar-refractivity contribution in [1.82, 2.24) is 20.4 Å². The Bertz CT molecular complexity index is 715. The summed E-state index contributed by atoms with van der Waals surface area (Å²) in [6.45, 7) is 4.55. The molecular formula is C17H23N5O2. The van der Waals surface area contributed by atoms with E-state index < -0.39 is 0 Å². The van der Waals surface area contributed by atoms with Gasteiger partial charge in [0, 0.05) is 33.1 Å². The van der Waals surface area contributed by atoms with Crippen LogP contribution in [0.4, 0.5) is 5.69 Å². The minimum Gasteiger partial charge on any atom is -0.334 e. The number of rotatable bonds is 4. The number of benzene rings is 1. The molecule has 7 nitrogen and oxygen atoms in total. The summed E-state index contributed by atoms with van der Waals surface area (Å²) in [6, 6.07) is 7.68. The van der Waals surface area contributed by atoms with Gasteiger partial charge >= 0.3 is 0 Å². The van der Waals surface area contributed by atoms with Gasteiger partial charge in [-0.25, -0.2) is 0 Å². The molecule has 1 fully saturated rings. The molecule has 0 radical (unpaired) electrons. The average Bonchev–Trinajstić information content (AvgIpc) is 3.10. The number of hydrogen-bond donors (Lipinski definition) is 1. The van der Waals surface area contributed by atoms with E-state index in [2.05, 4.69) is 27.4 Å². The first kappa shape index (κ1) is 16.6. The highest BCUT2D eigenvalue weighted by Gasteiger charge is 2.26. The lowest BCUT2D eigenvalue weighted by Gasteiger charge is -2.30. The molecule has 1 unspecified atom stereocenters. The van der Waals surface area contributed by atoms with Gasteiger partial charge in [-0.1, -0.05) is 24.2 Å². The van der Waals surface area contributed by atoms with Crippen LogP contribution in [0.3, 0.4) is 0 Å². The quantitative estimate of drug-likeness (QED) is 0.920. The molecule has 2 aromatic rings. The molecule has 1 amide bonds. The van der Waals surface area contributed by atoms with E-state index in [4.69, 9.17) is 4.52 Å². The maximum absolute atomic E-state index is 12.0. The molecule has 7 heteroatoms. The largest absolute Gasteiger partial charge is 0.334 e. The second kappa shape index (κ2) is 7.11. The van der Waals surface area contributed by atoms with Gasteiger partial charge in [-0.15, -0.1) is 0 Å². The molecule has 1 aliphatic heterocycles. The molecule has 0 bridgehead atoms. The number of aromatic nitrogens is 2. The Morgan fingerprint density at radius 3 is 3.00 bits per heavy atom. The van der Waals surface area contributed by atoms with E-state index in [1.165, 1.54) is 0 Å². The lowest BCUT2D eigenvalue weighted by Crippen LogP contribution is -2.44. The number of likely N-dealkylation sites (N-methyl/N-ethyl adjacent to an activating group) is 1. The number of amides is 1. The van der Waals surface area contributed by atoms with Gasteiger partial charge in [0.05, 0.1) is 17.3 Å². The zero-order valence-corrected chi connectivity index (χ0v) is 14.3. The van der Waals surface area contributed by atoms with E-state index in [0.717, 1.165) is 30.9 Å². The van der Waals surface area contributed by atoms with Crippen molar-refractivity contribution in [2.75, 3.05) is 38.6 Å². The topological polar surface area (TPSA) is 74.5 Å². The van der Waals surface area contributed by atoms with Crippen molar-refractivity contribution in [3.05, 3.63) is 30.1 Å². The van der Waals surface area contributed by atoms with Gasteiger partial charge in [0.2, 0.25) is 5.91 Å². The number of nitrogens with one attached hydrogen (secondary N) is 1. The first-order valence-electron chi connectivity index (χ1n) is 8.22. The first-order chi connectivity index (χ1) is 11.6. The van der Waals surface area contributed by atoms with Crippen LogP contribution in [0, 0.1) is 0 Å².